The number of urea groups is 1. The summed E-state index contributed by atoms with van der Waals surface area (Å²) in [7, 11) is 0. The highest BCUT2D eigenvalue weighted by Gasteiger charge is 2.36. The number of carbonyl (C=O) groups excluding carboxylic acids is 2. The lowest BCUT2D eigenvalue weighted by Gasteiger charge is -2.36. The molecule has 2 amide bonds. The molecule has 0 fully saturated rings. The maximum Gasteiger partial charge on any atom is 0.338 e. The molecule has 2 aliphatic rings. The Hall–Kier alpha value is -3.19. The van der Waals surface area contributed by atoms with Crippen molar-refractivity contribution in [2.45, 2.75) is 45.1 Å². The minimum atomic E-state index is -0.387. The lowest BCUT2D eigenvalue weighted by atomic mass is 9.88. The van der Waals surface area contributed by atoms with Crippen molar-refractivity contribution in [2.75, 3.05) is 18.5 Å². The molecule has 2 aromatic carbocycles. The van der Waals surface area contributed by atoms with E-state index >= 15 is 0 Å². The summed E-state index contributed by atoms with van der Waals surface area (Å²) in [6.07, 6.45) is 5.45. The summed E-state index contributed by atoms with van der Waals surface area (Å²) >= 11 is 1.82. The molecule has 176 valence electrons. The number of hydrogen-bond acceptors (Lipinski definition) is 4. The first kappa shape index (κ1) is 22.6. The third-order valence-electron chi connectivity index (χ3n) is 6.57. The maximum absolute atomic E-state index is 13.7. The number of esters is 1. The highest BCUT2D eigenvalue weighted by atomic mass is 32.1. The Bertz CT molecular complexity index is 1200. The van der Waals surface area contributed by atoms with Crippen molar-refractivity contribution in [3.05, 3.63) is 86.4 Å². The Balaban J connectivity index is 1.44. The number of aryl methyl sites for hydroxylation is 1. The third kappa shape index (κ3) is 4.32. The van der Waals surface area contributed by atoms with Gasteiger partial charge in [0.2, 0.25) is 0 Å². The van der Waals surface area contributed by atoms with Crippen LogP contribution in [0.5, 0.6) is 0 Å². The van der Waals surface area contributed by atoms with Crippen LogP contribution in [-0.2, 0) is 24.0 Å². The molecule has 34 heavy (non-hydrogen) atoms. The second-order valence-corrected chi connectivity index (χ2v) is 9.82. The van der Waals surface area contributed by atoms with Crippen molar-refractivity contribution in [3.8, 4) is 0 Å². The molecule has 0 bridgehead atoms. The van der Waals surface area contributed by atoms with Crippen LogP contribution in [0.25, 0.3) is 0 Å². The van der Waals surface area contributed by atoms with Crippen molar-refractivity contribution >= 4 is 29.0 Å². The van der Waals surface area contributed by atoms with Crippen LogP contribution in [0.1, 0.15) is 62.6 Å². The van der Waals surface area contributed by atoms with E-state index in [1.54, 1.807) is 43.3 Å². The number of ether oxygens (including phenoxy) is 1. The number of thiophene rings is 1. The molecule has 1 aliphatic heterocycles. The molecule has 0 spiro atoms. The normalized spacial score (nSPS) is 17.0. The molecule has 2 heterocycles. The number of nitrogens with zero attached hydrogens (tertiary/aromatic N) is 1. The van der Waals surface area contributed by atoms with E-state index in [0.29, 0.717) is 24.4 Å². The number of rotatable bonds is 4. The van der Waals surface area contributed by atoms with Gasteiger partial charge in [0.15, 0.2) is 0 Å². The van der Waals surface area contributed by atoms with Crippen LogP contribution in [0.2, 0.25) is 0 Å². The molecule has 0 saturated carbocycles. The van der Waals surface area contributed by atoms with Gasteiger partial charge in [0.25, 0.3) is 0 Å². The molecule has 7 heteroatoms. The van der Waals surface area contributed by atoms with Gasteiger partial charge < -0.3 is 15.0 Å². The van der Waals surface area contributed by atoms with E-state index in [1.165, 1.54) is 45.9 Å². The fourth-order valence-electron chi connectivity index (χ4n) is 4.94. The van der Waals surface area contributed by atoms with Crippen molar-refractivity contribution in [2.24, 2.45) is 0 Å². The van der Waals surface area contributed by atoms with Crippen LogP contribution >= 0.6 is 11.3 Å². The monoisotopic (exact) mass is 478 g/mol. The van der Waals surface area contributed by atoms with Gasteiger partial charge in [-0.1, -0.05) is 12.1 Å². The van der Waals surface area contributed by atoms with Crippen LogP contribution in [0, 0.1) is 5.82 Å². The van der Waals surface area contributed by atoms with Gasteiger partial charge >= 0.3 is 12.0 Å². The van der Waals surface area contributed by atoms with Gasteiger partial charge in [0.1, 0.15) is 5.82 Å². The summed E-state index contributed by atoms with van der Waals surface area (Å²) in [6.45, 7) is 2.66. The van der Waals surface area contributed by atoms with Crippen molar-refractivity contribution in [3.63, 3.8) is 0 Å². The zero-order valence-electron chi connectivity index (χ0n) is 19.1. The van der Waals surface area contributed by atoms with Crippen LogP contribution in [0.4, 0.5) is 14.9 Å². The first-order valence-corrected chi connectivity index (χ1v) is 12.6. The van der Waals surface area contributed by atoms with Crippen LogP contribution in [-0.4, -0.2) is 30.1 Å². The van der Waals surface area contributed by atoms with E-state index in [4.69, 9.17) is 4.74 Å². The van der Waals surface area contributed by atoms with Gasteiger partial charge in [0.05, 0.1) is 18.2 Å². The zero-order valence-corrected chi connectivity index (χ0v) is 19.9. The number of anilines is 1. The van der Waals surface area contributed by atoms with E-state index in [0.717, 1.165) is 24.8 Å². The van der Waals surface area contributed by atoms with E-state index in [2.05, 4.69) is 5.32 Å². The highest BCUT2D eigenvalue weighted by Crippen LogP contribution is 2.45. The fraction of sp³-hybridized carbons (Fsp3) is 0.333. The van der Waals surface area contributed by atoms with E-state index < -0.39 is 0 Å². The third-order valence-corrected chi connectivity index (χ3v) is 7.96. The first-order chi connectivity index (χ1) is 16.5. The number of halogens is 1. The van der Waals surface area contributed by atoms with Gasteiger partial charge in [0, 0.05) is 22.0 Å². The van der Waals surface area contributed by atoms with Gasteiger partial charge in [-0.05, 0) is 92.1 Å². The largest absolute Gasteiger partial charge is 0.462 e. The topological polar surface area (TPSA) is 58.6 Å². The minimum Gasteiger partial charge on any atom is -0.462 e. The Labute approximate surface area is 202 Å². The predicted octanol–water partition coefficient (Wildman–Crippen LogP) is 6.12. The number of fused-ring (bicyclic) bond motifs is 3. The average molecular weight is 479 g/mol. The molecule has 5 rings (SSSR count). The maximum atomic E-state index is 13.7. The van der Waals surface area contributed by atoms with Crippen LogP contribution in [0.15, 0.2) is 48.5 Å². The highest BCUT2D eigenvalue weighted by molar-refractivity contribution is 7.12. The molecule has 1 aromatic heterocycles. The summed E-state index contributed by atoms with van der Waals surface area (Å²) in [5.41, 5.74) is 4.82. The Morgan fingerprint density at radius 1 is 1.03 bits per heavy atom. The summed E-state index contributed by atoms with van der Waals surface area (Å²) < 4.78 is 18.7. The number of benzene rings is 2. The van der Waals surface area contributed by atoms with Gasteiger partial charge in [-0.3, -0.25) is 0 Å². The van der Waals surface area contributed by atoms with Gasteiger partial charge in [-0.25, -0.2) is 14.0 Å². The van der Waals surface area contributed by atoms with Crippen molar-refractivity contribution < 1.29 is 18.7 Å². The molecule has 0 radical (unpaired) electrons. The molecule has 3 aromatic rings. The van der Waals surface area contributed by atoms with Crippen molar-refractivity contribution in [1.29, 1.82) is 0 Å². The van der Waals surface area contributed by atoms with Crippen LogP contribution < -0.4 is 5.32 Å². The molecular formula is C27H27FN2O3S. The smallest absolute Gasteiger partial charge is 0.338 e. The molecule has 0 unspecified atom stereocenters. The molecule has 0 saturated heterocycles. The standard InChI is InChI=1S/C27H27FN2O3S/c1-2-33-26(31)18-9-13-20(14-10-18)29-27(32)30-16-15-22-21-5-3-4-6-23(21)34-25(22)24(30)17-7-11-19(28)12-8-17/h7-14,24H,2-6,15-16H2,1H3,(H,29,32)/t24-/m1/s1. The van der Waals surface area contributed by atoms with E-state index in [9.17, 15) is 14.0 Å². The fourth-order valence-corrected chi connectivity index (χ4v) is 6.53. The summed E-state index contributed by atoms with van der Waals surface area (Å²) in [6, 6.07) is 12.7. The number of hydrogen-bond donors (Lipinski definition) is 1. The average Bonchev–Trinajstić information content (AvgIpc) is 3.23. The van der Waals surface area contributed by atoms with E-state index in [-0.39, 0.29) is 23.9 Å². The molecule has 1 atom stereocenters. The van der Waals surface area contributed by atoms with Gasteiger partial charge in [-0.2, -0.15) is 0 Å². The van der Waals surface area contributed by atoms with Gasteiger partial charge in [-0.15, -0.1) is 11.3 Å². The SMILES string of the molecule is CCOC(=O)c1ccc(NC(=O)N2CCc3c(sc4c3CCCC4)[C@H]2c2ccc(F)cc2)cc1. The first-order valence-electron chi connectivity index (χ1n) is 11.8. The molecule has 5 nitrogen and oxygen atoms in total. The Morgan fingerprint density at radius 3 is 2.50 bits per heavy atom. The minimum absolute atomic E-state index is 0.213. The zero-order chi connectivity index (χ0) is 23.7. The number of amides is 2. The summed E-state index contributed by atoms with van der Waals surface area (Å²) in [5, 5.41) is 2.98. The number of carbonyl (C=O) groups is 2. The van der Waals surface area contributed by atoms with Crippen LogP contribution in [0.3, 0.4) is 0 Å². The molecule has 1 N–H and O–H groups in total. The molecule has 1 aliphatic carbocycles. The summed E-state index contributed by atoms with van der Waals surface area (Å²) in [5.74, 6) is -0.676. The number of nitrogens with one attached hydrogen (secondary N) is 1. The lowest BCUT2D eigenvalue weighted by Crippen LogP contribution is -2.42. The molecular weight excluding hydrogens is 451 g/mol. The summed E-state index contributed by atoms with van der Waals surface area (Å²) in [4.78, 5) is 29.8. The Morgan fingerprint density at radius 2 is 1.76 bits per heavy atom. The van der Waals surface area contributed by atoms with Crippen molar-refractivity contribution in [1.82, 2.24) is 4.90 Å². The quantitative estimate of drug-likeness (QED) is 0.460. The predicted molar refractivity (Wildman–Crippen MR) is 131 cm³/mol. The van der Waals surface area contributed by atoms with E-state index in [1.807, 2.05) is 16.2 Å². The Kier molecular flexibility index (Phi) is 6.37. The second-order valence-electron chi connectivity index (χ2n) is 8.68. The lowest BCUT2D eigenvalue weighted by molar-refractivity contribution is 0.0526. The second kappa shape index (κ2) is 9.58.